The average molecular weight is 357 g/mol. The van der Waals surface area contributed by atoms with Crippen molar-refractivity contribution in [1.82, 2.24) is 4.90 Å². The monoisotopic (exact) mass is 357 g/mol. The van der Waals surface area contributed by atoms with E-state index in [4.69, 9.17) is 0 Å². The highest BCUT2D eigenvalue weighted by Gasteiger charge is 2.26. The molecule has 0 spiro atoms. The Balaban J connectivity index is 1.63. The fraction of sp³-hybridized carbons (Fsp3) is 0.381. The molecular formula is C21H24FNO3. The van der Waals surface area contributed by atoms with E-state index in [1.54, 1.807) is 18.2 Å². The van der Waals surface area contributed by atoms with E-state index in [2.05, 4.69) is 0 Å². The molecule has 138 valence electrons. The Morgan fingerprint density at radius 2 is 1.96 bits per heavy atom. The summed E-state index contributed by atoms with van der Waals surface area (Å²) in [6, 6.07) is 11.5. The van der Waals surface area contributed by atoms with Crippen LogP contribution in [0.25, 0.3) is 0 Å². The Kier molecular flexibility index (Phi) is 5.76. The highest BCUT2D eigenvalue weighted by molar-refractivity contribution is 5.79. The maximum absolute atomic E-state index is 13.5. The second kappa shape index (κ2) is 8.21. The highest BCUT2D eigenvalue weighted by Crippen LogP contribution is 2.24. The summed E-state index contributed by atoms with van der Waals surface area (Å²) in [4.78, 5) is 14.7. The van der Waals surface area contributed by atoms with Gasteiger partial charge in [-0.15, -0.1) is 0 Å². The summed E-state index contributed by atoms with van der Waals surface area (Å²) in [7, 11) is 0. The van der Waals surface area contributed by atoms with Crippen LogP contribution in [-0.4, -0.2) is 33.6 Å². The maximum Gasteiger partial charge on any atom is 0.227 e. The molecule has 0 radical (unpaired) electrons. The summed E-state index contributed by atoms with van der Waals surface area (Å²) in [5.74, 6) is -0.846. The minimum Gasteiger partial charge on any atom is -0.508 e. The van der Waals surface area contributed by atoms with Crippen LogP contribution in [0.15, 0.2) is 42.5 Å². The van der Waals surface area contributed by atoms with Crippen molar-refractivity contribution in [3.8, 4) is 11.5 Å². The topological polar surface area (TPSA) is 60.8 Å². The van der Waals surface area contributed by atoms with E-state index in [9.17, 15) is 19.4 Å². The van der Waals surface area contributed by atoms with Gasteiger partial charge >= 0.3 is 0 Å². The number of aryl methyl sites for hydroxylation is 1. The van der Waals surface area contributed by atoms with Crippen molar-refractivity contribution in [2.45, 2.75) is 44.6 Å². The first kappa shape index (κ1) is 18.2. The zero-order chi connectivity index (χ0) is 18.5. The lowest BCUT2D eigenvalue weighted by Crippen LogP contribution is -2.44. The molecule has 1 aliphatic rings. The van der Waals surface area contributed by atoms with Gasteiger partial charge in [-0.05, 0) is 67.5 Å². The first-order chi connectivity index (χ1) is 12.5. The lowest BCUT2D eigenvalue weighted by Gasteiger charge is -2.36. The van der Waals surface area contributed by atoms with Gasteiger partial charge < -0.3 is 15.1 Å². The van der Waals surface area contributed by atoms with Gasteiger partial charge in [0.1, 0.15) is 5.75 Å². The maximum atomic E-state index is 13.5. The lowest BCUT2D eigenvalue weighted by molar-refractivity contribution is -0.134. The number of halogens is 1. The van der Waals surface area contributed by atoms with Crippen LogP contribution in [0, 0.1) is 5.82 Å². The third kappa shape index (κ3) is 4.54. The fourth-order valence-electron chi connectivity index (χ4n) is 3.61. The zero-order valence-corrected chi connectivity index (χ0v) is 14.7. The molecule has 1 amide bonds. The molecule has 1 unspecified atom stereocenters. The van der Waals surface area contributed by atoms with E-state index >= 15 is 0 Å². The van der Waals surface area contributed by atoms with Crippen LogP contribution in [0.2, 0.25) is 0 Å². The average Bonchev–Trinajstić information content (AvgIpc) is 2.63. The molecule has 0 aromatic heterocycles. The first-order valence-electron chi connectivity index (χ1n) is 9.07. The predicted octanol–water partition coefficient (Wildman–Crippen LogP) is 3.79. The number of nitrogens with zero attached hydrogens (tertiary/aromatic N) is 1. The van der Waals surface area contributed by atoms with Crippen molar-refractivity contribution in [2.75, 3.05) is 6.54 Å². The number of carbonyl (C=O) groups excluding carboxylic acids is 1. The number of phenolic OH excluding ortho intramolecular Hbond substituents is 2. The normalized spacial score (nSPS) is 17.3. The van der Waals surface area contributed by atoms with Gasteiger partial charge in [0.15, 0.2) is 11.6 Å². The van der Waals surface area contributed by atoms with Gasteiger partial charge in [-0.2, -0.15) is 0 Å². The number of hydrogen-bond donors (Lipinski definition) is 2. The van der Waals surface area contributed by atoms with E-state index < -0.39 is 11.6 Å². The fourth-order valence-corrected chi connectivity index (χ4v) is 3.61. The van der Waals surface area contributed by atoms with Gasteiger partial charge in [0.05, 0.1) is 6.42 Å². The molecule has 2 aromatic rings. The number of carbonyl (C=O) groups is 1. The van der Waals surface area contributed by atoms with Gasteiger partial charge in [-0.3, -0.25) is 4.79 Å². The summed E-state index contributed by atoms with van der Waals surface area (Å²) in [6.45, 7) is 0.726. The molecule has 1 fully saturated rings. The molecule has 1 saturated heterocycles. The number of amides is 1. The molecule has 1 aliphatic heterocycles. The number of aromatic hydroxyl groups is 2. The third-order valence-electron chi connectivity index (χ3n) is 4.99. The third-order valence-corrected chi connectivity index (χ3v) is 4.99. The quantitative estimate of drug-likeness (QED) is 0.856. The van der Waals surface area contributed by atoms with Crippen molar-refractivity contribution in [2.24, 2.45) is 0 Å². The Bertz CT molecular complexity index is 778. The molecule has 0 aliphatic carbocycles. The minimum absolute atomic E-state index is 0.00398. The lowest BCUT2D eigenvalue weighted by atomic mass is 9.95. The van der Waals surface area contributed by atoms with Crippen LogP contribution in [0.4, 0.5) is 4.39 Å². The van der Waals surface area contributed by atoms with Crippen LogP contribution >= 0.6 is 0 Å². The predicted molar refractivity (Wildman–Crippen MR) is 97.5 cm³/mol. The molecule has 2 N–H and O–H groups in total. The van der Waals surface area contributed by atoms with Gasteiger partial charge in [0.2, 0.25) is 5.91 Å². The molecule has 26 heavy (non-hydrogen) atoms. The summed E-state index contributed by atoms with van der Waals surface area (Å²) in [5.41, 5.74) is 1.63. The number of likely N-dealkylation sites (tertiary alicyclic amines) is 1. The summed E-state index contributed by atoms with van der Waals surface area (Å²) in [5, 5.41) is 18.9. The van der Waals surface area contributed by atoms with Crippen LogP contribution in [0.5, 0.6) is 11.5 Å². The molecule has 0 saturated carbocycles. The van der Waals surface area contributed by atoms with Crippen LogP contribution in [0.3, 0.4) is 0 Å². The van der Waals surface area contributed by atoms with Crippen molar-refractivity contribution in [3.05, 3.63) is 59.4 Å². The van der Waals surface area contributed by atoms with Crippen molar-refractivity contribution in [1.29, 1.82) is 0 Å². The van der Waals surface area contributed by atoms with Crippen molar-refractivity contribution < 1.29 is 19.4 Å². The second-order valence-electron chi connectivity index (χ2n) is 6.91. The Morgan fingerprint density at radius 1 is 1.12 bits per heavy atom. The van der Waals surface area contributed by atoms with Gasteiger partial charge in [0.25, 0.3) is 0 Å². The zero-order valence-electron chi connectivity index (χ0n) is 14.7. The van der Waals surface area contributed by atoms with E-state index in [1.165, 1.54) is 12.1 Å². The molecule has 1 atom stereocenters. The molecule has 4 nitrogen and oxygen atoms in total. The largest absolute Gasteiger partial charge is 0.508 e. The van der Waals surface area contributed by atoms with Crippen molar-refractivity contribution in [3.63, 3.8) is 0 Å². The smallest absolute Gasteiger partial charge is 0.227 e. The molecule has 1 heterocycles. The van der Waals surface area contributed by atoms with Crippen LogP contribution in [-0.2, 0) is 17.6 Å². The van der Waals surface area contributed by atoms with E-state index in [0.717, 1.165) is 44.2 Å². The summed E-state index contributed by atoms with van der Waals surface area (Å²) in [6.07, 6.45) is 4.84. The minimum atomic E-state index is -0.700. The van der Waals surface area contributed by atoms with Crippen LogP contribution in [0.1, 0.15) is 36.8 Å². The van der Waals surface area contributed by atoms with E-state index in [-0.39, 0.29) is 24.1 Å². The Hall–Kier alpha value is -2.56. The molecule has 0 bridgehead atoms. The molecular weight excluding hydrogens is 333 g/mol. The molecule has 2 aromatic carbocycles. The number of phenols is 2. The van der Waals surface area contributed by atoms with Gasteiger partial charge in [0, 0.05) is 12.6 Å². The number of rotatable bonds is 5. The van der Waals surface area contributed by atoms with Gasteiger partial charge in [-0.1, -0.05) is 18.2 Å². The van der Waals surface area contributed by atoms with Crippen molar-refractivity contribution >= 4 is 5.91 Å². The second-order valence-corrected chi connectivity index (χ2v) is 6.91. The Labute approximate surface area is 152 Å². The number of piperidine rings is 1. The molecule has 5 heteroatoms. The van der Waals surface area contributed by atoms with E-state index in [1.807, 2.05) is 17.0 Å². The van der Waals surface area contributed by atoms with Crippen LogP contribution < -0.4 is 0 Å². The SMILES string of the molecule is O=C(Cc1ccc(O)c(F)c1)N1CCCCC1CCc1cccc(O)c1. The van der Waals surface area contributed by atoms with E-state index in [0.29, 0.717) is 5.56 Å². The standard InChI is InChI=1S/C21H24FNO3/c22-19-13-16(8-10-20(19)25)14-21(26)23-11-2-1-5-17(23)9-7-15-4-3-6-18(24)12-15/h3-4,6,8,10,12-13,17,24-25H,1-2,5,7,9,11,14H2. The summed E-state index contributed by atoms with van der Waals surface area (Å²) >= 11 is 0. The molecule has 3 rings (SSSR count). The van der Waals surface area contributed by atoms with Gasteiger partial charge in [-0.25, -0.2) is 4.39 Å². The number of benzene rings is 2. The highest BCUT2D eigenvalue weighted by atomic mass is 19.1. The number of hydrogen-bond acceptors (Lipinski definition) is 3. The summed E-state index contributed by atoms with van der Waals surface area (Å²) < 4.78 is 13.5. The Morgan fingerprint density at radius 3 is 2.73 bits per heavy atom. The first-order valence-corrected chi connectivity index (χ1v) is 9.07.